The van der Waals surface area contributed by atoms with Crippen LogP contribution in [0.25, 0.3) is 11.5 Å². The SMILES string of the molecule is COc1ccc(-c2nnc([C@H](C)OC(=O)c3ccc(Cl)cc3F)o2)cc1. The van der Waals surface area contributed by atoms with Crippen molar-refractivity contribution in [2.45, 2.75) is 13.0 Å². The molecule has 0 aliphatic heterocycles. The fourth-order valence-corrected chi connectivity index (χ4v) is 2.34. The molecule has 1 atom stereocenters. The number of rotatable bonds is 5. The van der Waals surface area contributed by atoms with Crippen LogP contribution in [0, 0.1) is 5.82 Å². The third kappa shape index (κ3) is 3.83. The molecule has 8 heteroatoms. The van der Waals surface area contributed by atoms with Gasteiger partial charge in [0.05, 0.1) is 12.7 Å². The van der Waals surface area contributed by atoms with E-state index in [1.54, 1.807) is 38.3 Å². The Bertz CT molecular complexity index is 927. The van der Waals surface area contributed by atoms with Crippen LogP contribution in [0.2, 0.25) is 5.02 Å². The second kappa shape index (κ2) is 7.53. The Labute approximate surface area is 153 Å². The zero-order chi connectivity index (χ0) is 18.7. The van der Waals surface area contributed by atoms with Gasteiger partial charge in [-0.3, -0.25) is 0 Å². The normalized spacial score (nSPS) is 11.8. The molecule has 0 N–H and O–H groups in total. The molecule has 0 aliphatic rings. The summed E-state index contributed by atoms with van der Waals surface area (Å²) in [5.74, 6) is -0.558. The highest BCUT2D eigenvalue weighted by Gasteiger charge is 2.22. The second-order valence-electron chi connectivity index (χ2n) is 5.35. The molecular formula is C18H14ClFN2O4. The summed E-state index contributed by atoms with van der Waals surface area (Å²) >= 11 is 5.67. The lowest BCUT2D eigenvalue weighted by Gasteiger charge is -2.10. The molecule has 0 spiro atoms. The highest BCUT2D eigenvalue weighted by Crippen LogP contribution is 2.25. The molecule has 0 saturated carbocycles. The number of benzene rings is 2. The van der Waals surface area contributed by atoms with E-state index in [4.69, 9.17) is 25.5 Å². The van der Waals surface area contributed by atoms with Crippen LogP contribution >= 0.6 is 11.6 Å². The number of esters is 1. The summed E-state index contributed by atoms with van der Waals surface area (Å²) in [6.45, 7) is 1.55. The van der Waals surface area contributed by atoms with Crippen LogP contribution in [0.3, 0.4) is 0 Å². The van der Waals surface area contributed by atoms with Crippen molar-refractivity contribution in [1.29, 1.82) is 0 Å². The molecule has 3 rings (SSSR count). The predicted octanol–water partition coefficient (Wildman–Crippen LogP) is 4.46. The van der Waals surface area contributed by atoms with Gasteiger partial charge in [-0.2, -0.15) is 0 Å². The quantitative estimate of drug-likeness (QED) is 0.612. The largest absolute Gasteiger partial charge is 0.497 e. The lowest BCUT2D eigenvalue weighted by molar-refractivity contribution is 0.0274. The van der Waals surface area contributed by atoms with Gasteiger partial charge in [-0.15, -0.1) is 10.2 Å². The molecule has 2 aromatic carbocycles. The van der Waals surface area contributed by atoms with Crippen molar-refractivity contribution in [3.05, 3.63) is 64.8 Å². The third-order valence-corrected chi connectivity index (χ3v) is 3.80. The van der Waals surface area contributed by atoms with E-state index in [1.807, 2.05) is 0 Å². The van der Waals surface area contributed by atoms with Crippen molar-refractivity contribution in [2.24, 2.45) is 0 Å². The van der Waals surface area contributed by atoms with Gasteiger partial charge in [0.2, 0.25) is 5.89 Å². The lowest BCUT2D eigenvalue weighted by Crippen LogP contribution is -2.11. The van der Waals surface area contributed by atoms with Gasteiger partial charge in [0.1, 0.15) is 11.6 Å². The average Bonchev–Trinajstić information content (AvgIpc) is 3.12. The Hall–Kier alpha value is -2.93. The molecule has 0 bridgehead atoms. The molecule has 0 unspecified atom stereocenters. The van der Waals surface area contributed by atoms with Crippen molar-refractivity contribution in [3.63, 3.8) is 0 Å². The highest BCUT2D eigenvalue weighted by molar-refractivity contribution is 6.30. The number of nitrogens with zero attached hydrogens (tertiary/aromatic N) is 2. The fourth-order valence-electron chi connectivity index (χ4n) is 2.18. The molecule has 0 saturated heterocycles. The Kier molecular flexibility index (Phi) is 5.18. The van der Waals surface area contributed by atoms with Crippen molar-refractivity contribution >= 4 is 17.6 Å². The Morgan fingerprint density at radius 2 is 1.92 bits per heavy atom. The molecule has 1 heterocycles. The number of methoxy groups -OCH3 is 1. The van der Waals surface area contributed by atoms with Crippen LogP contribution in [0.4, 0.5) is 4.39 Å². The van der Waals surface area contributed by atoms with Gasteiger partial charge in [-0.05, 0) is 49.4 Å². The van der Waals surface area contributed by atoms with Gasteiger partial charge in [0.25, 0.3) is 5.89 Å². The molecule has 3 aromatic rings. The van der Waals surface area contributed by atoms with Crippen LogP contribution in [0.15, 0.2) is 46.9 Å². The first-order chi connectivity index (χ1) is 12.5. The molecule has 134 valence electrons. The summed E-state index contributed by atoms with van der Waals surface area (Å²) in [6, 6.07) is 10.7. The van der Waals surface area contributed by atoms with Crippen LogP contribution < -0.4 is 4.74 Å². The maximum Gasteiger partial charge on any atom is 0.341 e. The summed E-state index contributed by atoms with van der Waals surface area (Å²) in [5.41, 5.74) is 0.461. The van der Waals surface area contributed by atoms with Crippen molar-refractivity contribution in [2.75, 3.05) is 7.11 Å². The molecule has 0 radical (unpaired) electrons. The fraction of sp³-hybridized carbons (Fsp3) is 0.167. The van der Waals surface area contributed by atoms with Crippen LogP contribution in [0.5, 0.6) is 5.75 Å². The summed E-state index contributed by atoms with van der Waals surface area (Å²) < 4.78 is 29.6. The van der Waals surface area contributed by atoms with E-state index in [1.165, 1.54) is 12.1 Å². The summed E-state index contributed by atoms with van der Waals surface area (Å²) in [4.78, 5) is 12.1. The van der Waals surface area contributed by atoms with Gasteiger partial charge in [-0.25, -0.2) is 9.18 Å². The Balaban J connectivity index is 1.73. The van der Waals surface area contributed by atoms with Crippen LogP contribution in [-0.4, -0.2) is 23.3 Å². The first-order valence-corrected chi connectivity index (χ1v) is 7.99. The van der Waals surface area contributed by atoms with E-state index in [0.717, 1.165) is 6.07 Å². The molecular weight excluding hydrogens is 363 g/mol. The predicted molar refractivity (Wildman–Crippen MR) is 91.5 cm³/mol. The first-order valence-electron chi connectivity index (χ1n) is 7.62. The minimum atomic E-state index is -0.851. The summed E-state index contributed by atoms with van der Waals surface area (Å²) in [5, 5.41) is 8.00. The Morgan fingerprint density at radius 1 is 1.19 bits per heavy atom. The van der Waals surface area contributed by atoms with E-state index in [9.17, 15) is 9.18 Å². The van der Waals surface area contributed by atoms with Crippen LogP contribution in [-0.2, 0) is 4.74 Å². The zero-order valence-electron chi connectivity index (χ0n) is 13.9. The second-order valence-corrected chi connectivity index (χ2v) is 5.78. The van der Waals surface area contributed by atoms with Gasteiger partial charge in [0, 0.05) is 10.6 Å². The smallest absolute Gasteiger partial charge is 0.341 e. The van der Waals surface area contributed by atoms with Crippen molar-refractivity contribution < 1.29 is 23.1 Å². The summed E-state index contributed by atoms with van der Waals surface area (Å²) in [6.07, 6.45) is -0.850. The number of carbonyl (C=O) groups is 1. The lowest BCUT2D eigenvalue weighted by atomic mass is 10.2. The van der Waals surface area contributed by atoms with E-state index < -0.39 is 17.9 Å². The number of ether oxygens (including phenoxy) is 2. The minimum absolute atomic E-state index is 0.0959. The molecule has 0 aliphatic carbocycles. The zero-order valence-corrected chi connectivity index (χ0v) is 14.7. The van der Waals surface area contributed by atoms with E-state index >= 15 is 0 Å². The summed E-state index contributed by atoms with van der Waals surface area (Å²) in [7, 11) is 1.57. The number of aromatic nitrogens is 2. The van der Waals surface area contributed by atoms with E-state index in [2.05, 4.69) is 10.2 Å². The molecule has 26 heavy (non-hydrogen) atoms. The van der Waals surface area contributed by atoms with Crippen LogP contribution in [0.1, 0.15) is 29.3 Å². The average molecular weight is 377 g/mol. The van der Waals surface area contributed by atoms with Gasteiger partial charge < -0.3 is 13.9 Å². The van der Waals surface area contributed by atoms with Crippen molar-refractivity contribution in [3.8, 4) is 17.2 Å². The third-order valence-electron chi connectivity index (χ3n) is 3.56. The van der Waals surface area contributed by atoms with E-state index in [0.29, 0.717) is 11.3 Å². The monoisotopic (exact) mass is 376 g/mol. The highest BCUT2D eigenvalue weighted by atomic mass is 35.5. The van der Waals surface area contributed by atoms with E-state index in [-0.39, 0.29) is 22.4 Å². The maximum atomic E-state index is 13.8. The molecule has 0 amide bonds. The van der Waals surface area contributed by atoms with Gasteiger partial charge in [-0.1, -0.05) is 11.6 Å². The number of hydrogen-bond acceptors (Lipinski definition) is 6. The maximum absolute atomic E-state index is 13.8. The topological polar surface area (TPSA) is 74.5 Å². The standard InChI is InChI=1S/C18H14ClFN2O4/c1-10(25-18(23)14-8-5-12(19)9-15(14)20)16-21-22-17(26-16)11-3-6-13(24-2)7-4-11/h3-10H,1-2H3/t10-/m0/s1. The van der Waals surface area contributed by atoms with Crippen molar-refractivity contribution in [1.82, 2.24) is 10.2 Å². The Morgan fingerprint density at radius 3 is 2.58 bits per heavy atom. The minimum Gasteiger partial charge on any atom is -0.497 e. The molecule has 1 aromatic heterocycles. The number of carbonyl (C=O) groups excluding carboxylic acids is 1. The van der Waals surface area contributed by atoms with Gasteiger partial charge >= 0.3 is 5.97 Å². The van der Waals surface area contributed by atoms with Gasteiger partial charge in [0.15, 0.2) is 6.10 Å². The number of hydrogen-bond donors (Lipinski definition) is 0. The number of halogens is 2. The first kappa shape index (κ1) is 17.9. The molecule has 6 nitrogen and oxygen atoms in total. The molecule has 0 fully saturated rings.